The highest BCUT2D eigenvalue weighted by Crippen LogP contribution is 2.36. The van der Waals surface area contributed by atoms with Crippen LogP contribution in [0.15, 0.2) is 18.2 Å². The number of rotatable bonds is 3. The number of methoxy groups -OCH3 is 1. The molecule has 1 saturated heterocycles. The lowest BCUT2D eigenvalue weighted by atomic mass is 9.74. The molecule has 1 heterocycles. The number of ether oxygens (including phenoxy) is 2. The predicted molar refractivity (Wildman–Crippen MR) is 68.5 cm³/mol. The van der Waals surface area contributed by atoms with Crippen LogP contribution in [0.25, 0.3) is 0 Å². The maximum absolute atomic E-state index is 6.00. The van der Waals surface area contributed by atoms with E-state index in [1.807, 2.05) is 0 Å². The molecule has 2 rings (SSSR count). The topological polar surface area (TPSA) is 44.5 Å². The van der Waals surface area contributed by atoms with Crippen LogP contribution in [0, 0.1) is 6.92 Å². The van der Waals surface area contributed by atoms with Gasteiger partial charge < -0.3 is 15.2 Å². The Labute approximate surface area is 103 Å². The summed E-state index contributed by atoms with van der Waals surface area (Å²) in [6.45, 7) is 4.32. The van der Waals surface area contributed by atoms with Gasteiger partial charge in [-0.2, -0.15) is 0 Å². The van der Waals surface area contributed by atoms with Gasteiger partial charge in [-0.15, -0.1) is 0 Å². The second kappa shape index (κ2) is 5.07. The minimum Gasteiger partial charge on any atom is -0.496 e. The zero-order valence-corrected chi connectivity index (χ0v) is 10.7. The Kier molecular flexibility index (Phi) is 3.69. The summed E-state index contributed by atoms with van der Waals surface area (Å²) in [4.78, 5) is 0. The molecule has 0 aliphatic carbocycles. The number of hydrogen-bond acceptors (Lipinski definition) is 3. The lowest BCUT2D eigenvalue weighted by molar-refractivity contribution is 0.0529. The van der Waals surface area contributed by atoms with Crippen LogP contribution in [-0.4, -0.2) is 26.9 Å². The zero-order chi connectivity index (χ0) is 12.3. The van der Waals surface area contributed by atoms with Crippen LogP contribution in [0.5, 0.6) is 5.75 Å². The molecule has 1 aromatic carbocycles. The average Bonchev–Trinajstić information content (AvgIpc) is 2.40. The number of nitrogens with two attached hydrogens (primary N) is 1. The smallest absolute Gasteiger partial charge is 0.122 e. The summed E-state index contributed by atoms with van der Waals surface area (Å²) in [6.07, 6.45) is 1.99. The van der Waals surface area contributed by atoms with E-state index in [1.165, 1.54) is 5.56 Å². The van der Waals surface area contributed by atoms with Gasteiger partial charge in [0.15, 0.2) is 0 Å². The predicted octanol–water partition coefficient (Wildman–Crippen LogP) is 2.01. The van der Waals surface area contributed by atoms with Crippen LogP contribution in [0.4, 0.5) is 0 Å². The summed E-state index contributed by atoms with van der Waals surface area (Å²) in [5.41, 5.74) is 8.52. The first-order valence-electron chi connectivity index (χ1n) is 6.15. The average molecular weight is 235 g/mol. The van der Waals surface area contributed by atoms with Gasteiger partial charge in [0.2, 0.25) is 0 Å². The molecule has 2 N–H and O–H groups in total. The highest BCUT2D eigenvalue weighted by molar-refractivity contribution is 5.40. The quantitative estimate of drug-likeness (QED) is 0.871. The summed E-state index contributed by atoms with van der Waals surface area (Å²) in [6, 6.07) is 6.42. The fourth-order valence-corrected chi connectivity index (χ4v) is 2.52. The van der Waals surface area contributed by atoms with Crippen LogP contribution in [0.3, 0.4) is 0 Å². The molecule has 0 bridgehead atoms. The third kappa shape index (κ3) is 2.31. The Morgan fingerprint density at radius 1 is 1.35 bits per heavy atom. The fraction of sp³-hybridized carbons (Fsp3) is 0.571. The molecule has 0 amide bonds. The second-order valence-corrected chi connectivity index (χ2v) is 4.78. The first-order chi connectivity index (χ1) is 8.22. The van der Waals surface area contributed by atoms with Crippen LogP contribution < -0.4 is 10.5 Å². The van der Waals surface area contributed by atoms with Crippen molar-refractivity contribution < 1.29 is 9.47 Å². The van der Waals surface area contributed by atoms with E-state index in [2.05, 4.69) is 25.1 Å². The molecule has 0 atom stereocenters. The molecule has 0 radical (unpaired) electrons. The molecule has 0 spiro atoms. The molecule has 3 nitrogen and oxygen atoms in total. The SMILES string of the molecule is COc1cc(C2(CN)CCOCC2)ccc1C. The van der Waals surface area contributed by atoms with E-state index < -0.39 is 0 Å². The van der Waals surface area contributed by atoms with Gasteiger partial charge in [0.05, 0.1) is 7.11 Å². The second-order valence-electron chi connectivity index (χ2n) is 4.78. The van der Waals surface area contributed by atoms with Gasteiger partial charge in [0.25, 0.3) is 0 Å². The van der Waals surface area contributed by atoms with Crippen molar-refractivity contribution in [3.05, 3.63) is 29.3 Å². The van der Waals surface area contributed by atoms with Crippen molar-refractivity contribution in [3.63, 3.8) is 0 Å². The van der Waals surface area contributed by atoms with E-state index >= 15 is 0 Å². The first kappa shape index (κ1) is 12.4. The molecule has 0 unspecified atom stereocenters. The van der Waals surface area contributed by atoms with Crippen molar-refractivity contribution in [2.45, 2.75) is 25.2 Å². The normalized spacial score (nSPS) is 19.0. The minimum absolute atomic E-state index is 0.0687. The molecule has 1 fully saturated rings. The van der Waals surface area contributed by atoms with E-state index in [4.69, 9.17) is 15.2 Å². The minimum atomic E-state index is 0.0687. The van der Waals surface area contributed by atoms with E-state index in [0.717, 1.165) is 37.4 Å². The number of hydrogen-bond donors (Lipinski definition) is 1. The van der Waals surface area contributed by atoms with Crippen molar-refractivity contribution in [2.24, 2.45) is 5.73 Å². The molecule has 1 aliphatic heterocycles. The maximum atomic E-state index is 6.00. The van der Waals surface area contributed by atoms with Crippen LogP contribution >= 0.6 is 0 Å². The fourth-order valence-electron chi connectivity index (χ4n) is 2.52. The zero-order valence-electron chi connectivity index (χ0n) is 10.7. The maximum Gasteiger partial charge on any atom is 0.122 e. The Balaban J connectivity index is 2.36. The Morgan fingerprint density at radius 3 is 2.65 bits per heavy atom. The van der Waals surface area contributed by atoms with Crippen molar-refractivity contribution in [1.29, 1.82) is 0 Å². The van der Waals surface area contributed by atoms with Crippen molar-refractivity contribution in [2.75, 3.05) is 26.9 Å². The lowest BCUT2D eigenvalue weighted by Gasteiger charge is -2.37. The van der Waals surface area contributed by atoms with Crippen LogP contribution in [0.2, 0.25) is 0 Å². The van der Waals surface area contributed by atoms with Crippen molar-refractivity contribution in [3.8, 4) is 5.75 Å². The summed E-state index contributed by atoms with van der Waals surface area (Å²) in [5, 5.41) is 0. The van der Waals surface area contributed by atoms with E-state index in [0.29, 0.717) is 6.54 Å². The summed E-state index contributed by atoms with van der Waals surface area (Å²) < 4.78 is 10.8. The van der Waals surface area contributed by atoms with Crippen molar-refractivity contribution >= 4 is 0 Å². The third-order valence-corrected chi connectivity index (χ3v) is 3.86. The summed E-state index contributed by atoms with van der Waals surface area (Å²) >= 11 is 0. The van der Waals surface area contributed by atoms with Crippen molar-refractivity contribution in [1.82, 2.24) is 0 Å². The van der Waals surface area contributed by atoms with E-state index in [1.54, 1.807) is 7.11 Å². The largest absolute Gasteiger partial charge is 0.496 e. The highest BCUT2D eigenvalue weighted by Gasteiger charge is 2.33. The molecular formula is C14H21NO2. The molecule has 1 aromatic rings. The molecule has 17 heavy (non-hydrogen) atoms. The van der Waals surface area contributed by atoms with Gasteiger partial charge in [-0.05, 0) is 37.0 Å². The van der Waals surface area contributed by atoms with Crippen LogP contribution in [0.1, 0.15) is 24.0 Å². The molecule has 0 aromatic heterocycles. The first-order valence-corrected chi connectivity index (χ1v) is 6.15. The molecular weight excluding hydrogens is 214 g/mol. The monoisotopic (exact) mass is 235 g/mol. The lowest BCUT2D eigenvalue weighted by Crippen LogP contribution is -2.40. The van der Waals surface area contributed by atoms with Crippen LogP contribution in [-0.2, 0) is 10.2 Å². The summed E-state index contributed by atoms with van der Waals surface area (Å²) in [5.74, 6) is 0.946. The molecule has 3 heteroatoms. The highest BCUT2D eigenvalue weighted by atomic mass is 16.5. The van der Waals surface area contributed by atoms with Gasteiger partial charge in [-0.25, -0.2) is 0 Å². The van der Waals surface area contributed by atoms with E-state index in [-0.39, 0.29) is 5.41 Å². The number of aryl methyl sites for hydroxylation is 1. The molecule has 0 saturated carbocycles. The third-order valence-electron chi connectivity index (χ3n) is 3.86. The van der Waals surface area contributed by atoms with Gasteiger partial charge >= 0.3 is 0 Å². The summed E-state index contributed by atoms with van der Waals surface area (Å²) in [7, 11) is 1.71. The standard InChI is InChI=1S/C14H21NO2/c1-11-3-4-12(9-13(11)16-2)14(10-15)5-7-17-8-6-14/h3-4,9H,5-8,10,15H2,1-2H3. The van der Waals surface area contributed by atoms with Gasteiger partial charge in [-0.1, -0.05) is 12.1 Å². The molecule has 94 valence electrons. The Morgan fingerprint density at radius 2 is 2.06 bits per heavy atom. The van der Waals surface area contributed by atoms with Gasteiger partial charge in [-0.3, -0.25) is 0 Å². The molecule has 1 aliphatic rings. The Bertz CT molecular complexity index is 384. The Hall–Kier alpha value is -1.06. The number of benzene rings is 1. The van der Waals surface area contributed by atoms with E-state index in [9.17, 15) is 0 Å². The van der Waals surface area contributed by atoms with Gasteiger partial charge in [0.1, 0.15) is 5.75 Å². The van der Waals surface area contributed by atoms with Gasteiger partial charge in [0, 0.05) is 25.2 Å².